The number of hydrogen-bond acceptors (Lipinski definition) is 8. The summed E-state index contributed by atoms with van der Waals surface area (Å²) in [5.74, 6) is 2.28. The zero-order valence-electron chi connectivity index (χ0n) is 17.7. The van der Waals surface area contributed by atoms with Crippen molar-refractivity contribution < 1.29 is 14.2 Å². The molecule has 33 heavy (non-hydrogen) atoms. The molecule has 5 rings (SSSR count). The number of aromatic nitrogens is 3. The minimum Gasteiger partial charge on any atom is -0.496 e. The van der Waals surface area contributed by atoms with Crippen LogP contribution in [0.1, 0.15) is 11.1 Å². The number of nitrogens with one attached hydrogen (secondary N) is 1. The van der Waals surface area contributed by atoms with Crippen LogP contribution in [0.2, 0.25) is 5.02 Å². The molecular weight excluding hydrogens is 462 g/mol. The lowest BCUT2D eigenvalue weighted by molar-refractivity contribution is 0.171. The van der Waals surface area contributed by atoms with E-state index in [1.807, 2.05) is 41.8 Å². The Labute approximate surface area is 199 Å². The fourth-order valence-electron chi connectivity index (χ4n) is 3.42. The van der Waals surface area contributed by atoms with Gasteiger partial charge in [0.05, 0.1) is 36.8 Å². The third-order valence-electron chi connectivity index (χ3n) is 4.95. The van der Waals surface area contributed by atoms with Crippen molar-refractivity contribution in [3.63, 3.8) is 0 Å². The van der Waals surface area contributed by atoms with Crippen molar-refractivity contribution in [3.8, 4) is 28.5 Å². The summed E-state index contributed by atoms with van der Waals surface area (Å²) >= 11 is 7.45. The van der Waals surface area contributed by atoms with E-state index in [2.05, 4.69) is 20.6 Å². The van der Waals surface area contributed by atoms with Crippen LogP contribution < -0.4 is 19.6 Å². The lowest BCUT2D eigenvalue weighted by Crippen LogP contribution is -2.15. The fraction of sp³-hybridized carbons (Fsp3) is 0.174. The fourth-order valence-corrected chi connectivity index (χ4v) is 4.25. The molecule has 0 fully saturated rings. The molecule has 0 bridgehead atoms. The Morgan fingerprint density at radius 1 is 1.21 bits per heavy atom. The van der Waals surface area contributed by atoms with Crippen molar-refractivity contribution in [2.45, 2.75) is 6.54 Å². The van der Waals surface area contributed by atoms with Gasteiger partial charge in [0.15, 0.2) is 11.5 Å². The molecule has 0 amide bonds. The summed E-state index contributed by atoms with van der Waals surface area (Å²) in [6, 6.07) is 11.7. The lowest BCUT2D eigenvalue weighted by Gasteiger charge is -2.18. The van der Waals surface area contributed by atoms with Crippen molar-refractivity contribution in [2.75, 3.05) is 25.7 Å². The molecule has 2 aromatic heterocycles. The van der Waals surface area contributed by atoms with Crippen molar-refractivity contribution >= 4 is 34.3 Å². The van der Waals surface area contributed by atoms with Gasteiger partial charge in [0, 0.05) is 22.7 Å². The van der Waals surface area contributed by atoms with Gasteiger partial charge in [0.25, 0.3) is 0 Å². The first-order chi connectivity index (χ1) is 16.2. The summed E-state index contributed by atoms with van der Waals surface area (Å²) < 4.78 is 18.5. The smallest absolute Gasteiger partial charge is 0.203 e. The zero-order chi connectivity index (χ0) is 22.6. The van der Waals surface area contributed by atoms with Crippen molar-refractivity contribution in [1.29, 1.82) is 0 Å². The van der Waals surface area contributed by atoms with Crippen LogP contribution in [-0.4, -0.2) is 41.3 Å². The van der Waals surface area contributed by atoms with Gasteiger partial charge in [-0.3, -0.25) is 10.1 Å². The third kappa shape index (κ3) is 4.94. The van der Waals surface area contributed by atoms with E-state index in [0.29, 0.717) is 29.9 Å². The number of hydrazone groups is 1. The largest absolute Gasteiger partial charge is 0.496 e. The van der Waals surface area contributed by atoms with Crippen molar-refractivity contribution in [3.05, 3.63) is 70.3 Å². The monoisotopic (exact) mass is 481 g/mol. The van der Waals surface area contributed by atoms with Gasteiger partial charge in [-0.1, -0.05) is 11.6 Å². The van der Waals surface area contributed by atoms with Gasteiger partial charge < -0.3 is 14.2 Å². The SMILES string of the molecule is COc1ccc(/C=N\Nc2nc(-c3ccc4c(c3)OCCO4)cs2)cc1Cn1cc(Cl)cn1. The summed E-state index contributed by atoms with van der Waals surface area (Å²) in [7, 11) is 1.64. The highest BCUT2D eigenvalue weighted by atomic mass is 35.5. The van der Waals surface area contributed by atoms with Gasteiger partial charge in [0.1, 0.15) is 19.0 Å². The average molecular weight is 482 g/mol. The molecule has 0 atom stereocenters. The predicted octanol–water partition coefficient (Wildman–Crippen LogP) is 4.93. The summed E-state index contributed by atoms with van der Waals surface area (Å²) in [5, 5.41) is 11.8. The first-order valence-electron chi connectivity index (χ1n) is 10.2. The average Bonchev–Trinajstić information content (AvgIpc) is 3.48. The van der Waals surface area contributed by atoms with E-state index in [9.17, 15) is 0 Å². The van der Waals surface area contributed by atoms with Crippen LogP contribution in [-0.2, 0) is 6.54 Å². The van der Waals surface area contributed by atoms with Crippen LogP contribution in [0.5, 0.6) is 17.2 Å². The number of nitrogens with zero attached hydrogens (tertiary/aromatic N) is 4. The van der Waals surface area contributed by atoms with Gasteiger partial charge in [-0.2, -0.15) is 10.2 Å². The van der Waals surface area contributed by atoms with Gasteiger partial charge in [-0.25, -0.2) is 4.98 Å². The van der Waals surface area contributed by atoms with E-state index in [4.69, 9.17) is 25.8 Å². The number of fused-ring (bicyclic) bond motifs is 1. The number of benzene rings is 2. The quantitative estimate of drug-likeness (QED) is 0.297. The standard InChI is InChI=1S/C23H20ClN5O3S/c1-30-20-4-2-15(8-17(20)12-29-13-18(24)11-26-29)10-25-28-23-27-19(14-33-23)16-3-5-21-22(9-16)32-7-6-31-21/h2-5,8-11,13-14H,6-7,12H2,1H3,(H,27,28)/b25-10-. The van der Waals surface area contributed by atoms with E-state index < -0.39 is 0 Å². The maximum Gasteiger partial charge on any atom is 0.203 e. The second-order valence-electron chi connectivity index (χ2n) is 7.19. The molecule has 0 saturated heterocycles. The second-order valence-corrected chi connectivity index (χ2v) is 8.49. The van der Waals surface area contributed by atoms with Crippen molar-refractivity contribution in [1.82, 2.24) is 14.8 Å². The molecule has 2 aromatic carbocycles. The number of thiazole rings is 1. The number of halogens is 1. The molecular formula is C23H20ClN5O3S. The van der Waals surface area contributed by atoms with Gasteiger partial charge >= 0.3 is 0 Å². The normalized spacial score (nSPS) is 12.8. The Morgan fingerprint density at radius 2 is 2.09 bits per heavy atom. The van der Waals surface area contributed by atoms with E-state index >= 15 is 0 Å². The molecule has 0 saturated carbocycles. The maximum absolute atomic E-state index is 5.97. The van der Waals surface area contributed by atoms with Gasteiger partial charge in [0.2, 0.25) is 5.13 Å². The molecule has 4 aromatic rings. The highest BCUT2D eigenvalue weighted by Gasteiger charge is 2.14. The predicted molar refractivity (Wildman–Crippen MR) is 129 cm³/mol. The zero-order valence-corrected chi connectivity index (χ0v) is 19.3. The molecule has 168 valence electrons. The maximum atomic E-state index is 5.97. The molecule has 0 spiro atoms. The van der Waals surface area contributed by atoms with Crippen LogP contribution in [0, 0.1) is 0 Å². The van der Waals surface area contributed by atoms with E-state index in [1.165, 1.54) is 11.3 Å². The van der Waals surface area contributed by atoms with Crippen LogP contribution in [0.15, 0.2) is 59.3 Å². The molecule has 0 unspecified atom stereocenters. The highest BCUT2D eigenvalue weighted by Crippen LogP contribution is 2.35. The minimum absolute atomic E-state index is 0.538. The Morgan fingerprint density at radius 3 is 2.91 bits per heavy atom. The molecule has 1 N–H and O–H groups in total. The number of anilines is 1. The third-order valence-corrected chi connectivity index (χ3v) is 5.90. The molecule has 0 aliphatic carbocycles. The molecule has 1 aliphatic rings. The Balaban J connectivity index is 1.27. The first kappa shape index (κ1) is 21.3. The highest BCUT2D eigenvalue weighted by molar-refractivity contribution is 7.14. The van der Waals surface area contributed by atoms with Crippen LogP contribution in [0.4, 0.5) is 5.13 Å². The Bertz CT molecular complexity index is 1300. The van der Waals surface area contributed by atoms with Crippen LogP contribution >= 0.6 is 22.9 Å². The summed E-state index contributed by atoms with van der Waals surface area (Å²) in [5.41, 5.74) is 6.70. The number of rotatable bonds is 7. The number of ether oxygens (including phenoxy) is 3. The van der Waals surface area contributed by atoms with Crippen LogP contribution in [0.25, 0.3) is 11.3 Å². The minimum atomic E-state index is 0.538. The first-order valence-corrected chi connectivity index (χ1v) is 11.4. The van der Waals surface area contributed by atoms with Crippen molar-refractivity contribution in [2.24, 2.45) is 5.10 Å². The molecule has 10 heteroatoms. The van der Waals surface area contributed by atoms with Crippen LogP contribution in [0.3, 0.4) is 0 Å². The summed E-state index contributed by atoms with van der Waals surface area (Å²) in [6.45, 7) is 1.66. The van der Waals surface area contributed by atoms with E-state index in [1.54, 1.807) is 30.4 Å². The number of methoxy groups -OCH3 is 1. The molecule has 3 heterocycles. The summed E-state index contributed by atoms with van der Waals surface area (Å²) in [6.07, 6.45) is 5.12. The molecule has 8 nitrogen and oxygen atoms in total. The molecule has 1 aliphatic heterocycles. The van der Waals surface area contributed by atoms with E-state index in [-0.39, 0.29) is 0 Å². The van der Waals surface area contributed by atoms with Gasteiger partial charge in [-0.15, -0.1) is 11.3 Å². The Kier molecular flexibility index (Phi) is 6.14. The molecule has 0 radical (unpaired) electrons. The topological polar surface area (TPSA) is 82.8 Å². The van der Waals surface area contributed by atoms with Gasteiger partial charge in [-0.05, 0) is 42.0 Å². The second kappa shape index (κ2) is 9.51. The Hall–Kier alpha value is -3.56. The van der Waals surface area contributed by atoms with E-state index in [0.717, 1.165) is 39.6 Å². The number of hydrogen-bond donors (Lipinski definition) is 1. The lowest BCUT2D eigenvalue weighted by atomic mass is 10.1. The summed E-state index contributed by atoms with van der Waals surface area (Å²) in [4.78, 5) is 4.62.